The fourth-order valence-electron chi connectivity index (χ4n) is 0.563. The molecule has 4 heteroatoms. The van der Waals surface area contributed by atoms with Crippen LogP contribution in [-0.4, -0.2) is 31.3 Å². The topological polar surface area (TPSA) is 37.4 Å². The van der Waals surface area contributed by atoms with E-state index >= 15 is 0 Å². The molecular weight excluding hydrogens is 141 g/mol. The van der Waals surface area contributed by atoms with Crippen LogP contribution in [0, 0.1) is 0 Å². The largest absolute Gasteiger partial charge is 0.330 e. The van der Waals surface area contributed by atoms with Crippen LogP contribution in [0.3, 0.4) is 0 Å². The summed E-state index contributed by atoms with van der Waals surface area (Å²) >= 11 is 0. The van der Waals surface area contributed by atoms with Crippen LogP contribution in [0.1, 0.15) is 6.92 Å². The molecule has 0 rings (SSSR count). The number of hydrogen-bond donors (Lipinski definition) is 0. The molecule has 3 nitrogen and oxygen atoms in total. The molecule has 1 amide bonds. The molecule has 0 aromatic carbocycles. The van der Waals surface area contributed by atoms with Crippen molar-refractivity contribution in [2.45, 2.75) is 13.2 Å². The third-order valence-corrected chi connectivity index (χ3v) is 1.12. The summed E-state index contributed by atoms with van der Waals surface area (Å²) < 4.78 is 0. The maximum atomic E-state index is 10.3. The lowest BCUT2D eigenvalue weighted by Gasteiger charge is -2.08. The molecule has 59 valence electrons. The van der Waals surface area contributed by atoms with Gasteiger partial charge in [-0.25, -0.2) is 0 Å². The summed E-state index contributed by atoms with van der Waals surface area (Å²) in [4.78, 5) is 21.5. The van der Waals surface area contributed by atoms with Gasteiger partial charge in [-0.1, -0.05) is 13.2 Å². The Labute approximate surface area is 67.3 Å². The molecular formula is C7H11BNO2. The van der Waals surface area contributed by atoms with E-state index < -0.39 is 0 Å². The predicted octanol–water partition coefficient (Wildman–Crippen LogP) is 0.257. The van der Waals surface area contributed by atoms with Crippen LogP contribution >= 0.6 is 0 Å². The molecule has 0 aliphatic rings. The second kappa shape index (κ2) is 7.06. The zero-order chi connectivity index (χ0) is 8.53. The lowest BCUT2D eigenvalue weighted by Crippen LogP contribution is -2.20. The lowest BCUT2D eigenvalue weighted by atomic mass is 9.75. The number of hydrogen-bond acceptors (Lipinski definition) is 2. The number of rotatable bonds is 6. The molecule has 1 radical (unpaired) electrons. The van der Waals surface area contributed by atoms with Gasteiger partial charge in [-0.3, -0.25) is 9.59 Å². The molecule has 0 fully saturated rings. The fourth-order valence-corrected chi connectivity index (χ4v) is 0.563. The molecule has 0 aromatic rings. The van der Waals surface area contributed by atoms with Crippen molar-refractivity contribution >= 4 is 20.0 Å². The summed E-state index contributed by atoms with van der Waals surface area (Å²) in [5.74, 6) is 0. The first-order valence-electron chi connectivity index (χ1n) is 3.49. The summed E-state index contributed by atoms with van der Waals surface area (Å²) in [6.45, 7) is 1.99. The molecule has 0 heterocycles. The Kier molecular flexibility index (Phi) is 6.38. The number of amides is 1. The number of carbonyl (C=O) groups is 2. The highest BCUT2D eigenvalue weighted by Crippen LogP contribution is 1.84. The van der Waals surface area contributed by atoms with Gasteiger partial charge in [0.15, 0.2) is 0 Å². The molecule has 11 heavy (non-hydrogen) atoms. The Hall–Kier alpha value is -1.06. The van der Waals surface area contributed by atoms with E-state index in [1.807, 2.05) is 14.2 Å². The molecule has 0 saturated carbocycles. The van der Waals surface area contributed by atoms with Gasteiger partial charge in [0.05, 0.1) is 0 Å². The van der Waals surface area contributed by atoms with E-state index in [0.29, 0.717) is 19.1 Å². The molecule has 0 unspecified atom stereocenters. The van der Waals surface area contributed by atoms with Gasteiger partial charge in [-0.2, -0.15) is 0 Å². The van der Waals surface area contributed by atoms with E-state index in [4.69, 9.17) is 0 Å². The number of aldehydes is 1. The van der Waals surface area contributed by atoms with Crippen molar-refractivity contribution in [1.29, 1.82) is 0 Å². The lowest BCUT2D eigenvalue weighted by molar-refractivity contribution is -0.115. The first kappa shape index (κ1) is 9.94. The first-order chi connectivity index (χ1) is 5.35. The molecule has 0 bridgehead atoms. The van der Waals surface area contributed by atoms with Crippen LogP contribution in [0.5, 0.6) is 0 Å². The Balaban J connectivity index is 3.65. The second-order valence-electron chi connectivity index (χ2n) is 1.98. The van der Waals surface area contributed by atoms with Crippen molar-refractivity contribution in [1.82, 2.24) is 4.90 Å². The van der Waals surface area contributed by atoms with Gasteiger partial charge in [0.25, 0.3) is 0 Å². The van der Waals surface area contributed by atoms with Crippen LogP contribution in [0.15, 0.2) is 12.3 Å². The van der Waals surface area contributed by atoms with Gasteiger partial charge in [0.2, 0.25) is 6.41 Å². The van der Waals surface area contributed by atoms with Gasteiger partial charge in [0.1, 0.15) is 13.6 Å². The van der Waals surface area contributed by atoms with E-state index in [1.165, 1.54) is 17.2 Å². The van der Waals surface area contributed by atoms with Crippen LogP contribution < -0.4 is 0 Å². The highest BCUT2D eigenvalue weighted by Gasteiger charge is 1.94. The van der Waals surface area contributed by atoms with Crippen molar-refractivity contribution < 1.29 is 9.59 Å². The van der Waals surface area contributed by atoms with E-state index in [1.54, 1.807) is 0 Å². The average Bonchev–Trinajstić information content (AvgIpc) is 2.05. The summed E-state index contributed by atoms with van der Waals surface area (Å²) in [6, 6.07) is 0. The minimum Gasteiger partial charge on any atom is -0.330 e. The number of allylic oxidation sites excluding steroid dienone is 1. The third-order valence-electron chi connectivity index (χ3n) is 1.12. The second-order valence-corrected chi connectivity index (χ2v) is 1.98. The SMILES string of the molecule is CC[B]CN(C=O)/C=C\C=O. The van der Waals surface area contributed by atoms with E-state index in [2.05, 4.69) is 0 Å². The molecule has 0 aromatic heterocycles. The smallest absolute Gasteiger partial charge is 0.212 e. The van der Waals surface area contributed by atoms with Gasteiger partial charge in [0, 0.05) is 6.20 Å². The maximum absolute atomic E-state index is 10.3. The van der Waals surface area contributed by atoms with Gasteiger partial charge >= 0.3 is 0 Å². The molecule has 0 saturated heterocycles. The summed E-state index contributed by atoms with van der Waals surface area (Å²) in [5, 5.41) is 0. The minimum atomic E-state index is 0.560. The van der Waals surface area contributed by atoms with Crippen LogP contribution in [0.4, 0.5) is 0 Å². The maximum Gasteiger partial charge on any atom is 0.212 e. The van der Waals surface area contributed by atoms with Gasteiger partial charge < -0.3 is 4.90 Å². The zero-order valence-electron chi connectivity index (χ0n) is 6.56. The Morgan fingerprint density at radius 1 is 1.45 bits per heavy atom. The molecule has 0 aliphatic heterocycles. The quantitative estimate of drug-likeness (QED) is 0.311. The van der Waals surface area contributed by atoms with Crippen molar-refractivity contribution in [3.63, 3.8) is 0 Å². The molecule has 0 N–H and O–H groups in total. The normalized spacial score (nSPS) is 9.55. The van der Waals surface area contributed by atoms with Crippen LogP contribution in [-0.2, 0) is 9.59 Å². The summed E-state index contributed by atoms with van der Waals surface area (Å²) in [7, 11) is 1.95. The fraction of sp³-hybridized carbons (Fsp3) is 0.429. The number of carbonyl (C=O) groups excluding carboxylic acids is 2. The van der Waals surface area contributed by atoms with Crippen molar-refractivity contribution in [2.24, 2.45) is 0 Å². The summed E-state index contributed by atoms with van der Waals surface area (Å²) in [6.07, 6.45) is 5.54. The van der Waals surface area contributed by atoms with E-state index in [0.717, 1.165) is 6.32 Å². The van der Waals surface area contributed by atoms with E-state index in [9.17, 15) is 9.59 Å². The van der Waals surface area contributed by atoms with E-state index in [-0.39, 0.29) is 0 Å². The van der Waals surface area contributed by atoms with Crippen molar-refractivity contribution in [2.75, 3.05) is 6.44 Å². The van der Waals surface area contributed by atoms with Crippen molar-refractivity contribution in [3.8, 4) is 0 Å². The van der Waals surface area contributed by atoms with Crippen molar-refractivity contribution in [3.05, 3.63) is 12.3 Å². The zero-order valence-corrected chi connectivity index (χ0v) is 6.56. The monoisotopic (exact) mass is 152 g/mol. The van der Waals surface area contributed by atoms with Crippen LogP contribution in [0.2, 0.25) is 6.32 Å². The molecule has 0 atom stereocenters. The Morgan fingerprint density at radius 2 is 2.18 bits per heavy atom. The molecule has 0 spiro atoms. The predicted molar refractivity (Wildman–Crippen MR) is 44.2 cm³/mol. The number of nitrogens with zero attached hydrogens (tertiary/aromatic N) is 1. The Morgan fingerprint density at radius 3 is 2.64 bits per heavy atom. The van der Waals surface area contributed by atoms with Gasteiger partial charge in [-0.05, 0) is 12.5 Å². The first-order valence-corrected chi connectivity index (χ1v) is 3.49. The third kappa shape index (κ3) is 5.39. The van der Waals surface area contributed by atoms with Crippen LogP contribution in [0.25, 0.3) is 0 Å². The average molecular weight is 152 g/mol. The highest BCUT2D eigenvalue weighted by molar-refractivity contribution is 6.35. The molecule has 0 aliphatic carbocycles. The standard InChI is InChI=1S/C7H11BNO2/c1-2-8-6-9(7-11)4-3-5-10/h3-5,7H,2,6H2,1H3/b4-3-. The highest BCUT2D eigenvalue weighted by atomic mass is 16.1. The Bertz CT molecular complexity index is 147. The summed E-state index contributed by atoms with van der Waals surface area (Å²) in [5.41, 5.74) is 0. The van der Waals surface area contributed by atoms with Gasteiger partial charge in [-0.15, -0.1) is 0 Å². The minimum absolute atomic E-state index is 0.560.